The first-order chi connectivity index (χ1) is 14.3. The van der Waals surface area contributed by atoms with Crippen LogP contribution in [0.2, 0.25) is 0 Å². The molecule has 0 unspecified atom stereocenters. The Morgan fingerprint density at radius 2 is 2.03 bits per heavy atom. The molecule has 1 fully saturated rings. The number of hydrogen-bond acceptors (Lipinski definition) is 4. The van der Waals surface area contributed by atoms with Crippen LogP contribution in [0.15, 0.2) is 18.2 Å². The molecule has 1 saturated heterocycles. The molecule has 6 heteroatoms. The molecule has 1 amide bonds. The van der Waals surface area contributed by atoms with E-state index in [-0.39, 0.29) is 11.3 Å². The molecule has 2 aromatic rings. The second-order valence-electron chi connectivity index (χ2n) is 10.0. The molecule has 4 rings (SSSR count). The summed E-state index contributed by atoms with van der Waals surface area (Å²) in [5.41, 5.74) is 5.40. The molecule has 1 aliphatic carbocycles. The molecule has 0 spiro atoms. The minimum atomic E-state index is 0.0950. The van der Waals surface area contributed by atoms with E-state index >= 15 is 0 Å². The fourth-order valence-electron chi connectivity index (χ4n) is 4.81. The number of aromatic nitrogens is 3. The van der Waals surface area contributed by atoms with Gasteiger partial charge in [-0.15, -0.1) is 0 Å². The molecule has 2 aromatic heterocycles. The third kappa shape index (κ3) is 4.59. The lowest BCUT2D eigenvalue weighted by Crippen LogP contribution is -2.36. The summed E-state index contributed by atoms with van der Waals surface area (Å²) in [4.78, 5) is 22.4. The number of amides is 1. The van der Waals surface area contributed by atoms with Gasteiger partial charge in [0.2, 0.25) is 0 Å². The molecule has 0 saturated carbocycles. The van der Waals surface area contributed by atoms with Gasteiger partial charge < -0.3 is 4.90 Å². The van der Waals surface area contributed by atoms with E-state index in [9.17, 15) is 4.79 Å². The summed E-state index contributed by atoms with van der Waals surface area (Å²) < 4.78 is 0. The number of rotatable bonds is 3. The van der Waals surface area contributed by atoms with Crippen molar-refractivity contribution in [2.24, 2.45) is 11.3 Å². The van der Waals surface area contributed by atoms with Gasteiger partial charge in [-0.3, -0.25) is 19.8 Å². The van der Waals surface area contributed by atoms with Crippen molar-refractivity contribution in [2.75, 3.05) is 26.2 Å². The maximum Gasteiger partial charge on any atom is 0.274 e. The van der Waals surface area contributed by atoms with E-state index in [0.29, 0.717) is 11.6 Å². The average Bonchev–Trinajstić information content (AvgIpc) is 2.98. The van der Waals surface area contributed by atoms with E-state index in [4.69, 9.17) is 0 Å². The lowest BCUT2D eigenvalue weighted by molar-refractivity contribution is 0.0752. The standard InChI is InChI=1S/C24H35N5O/c1-17-7-5-8-19(25-17)16-28-11-6-12-29(14-13-28)23(30)22-20-15-18(24(2,3)4)9-10-21(20)26-27-22/h5,7-8,18H,6,9-16H2,1-4H3,(H,26,27)/t18-/m1/s1. The third-order valence-corrected chi connectivity index (χ3v) is 6.78. The van der Waals surface area contributed by atoms with E-state index in [1.807, 2.05) is 17.9 Å². The number of pyridine rings is 1. The van der Waals surface area contributed by atoms with Gasteiger partial charge in [0.25, 0.3) is 5.91 Å². The average molecular weight is 410 g/mol. The van der Waals surface area contributed by atoms with E-state index in [1.165, 1.54) is 5.69 Å². The second-order valence-corrected chi connectivity index (χ2v) is 10.0. The van der Waals surface area contributed by atoms with Crippen LogP contribution in [0.25, 0.3) is 0 Å². The van der Waals surface area contributed by atoms with Crippen LogP contribution in [-0.2, 0) is 19.4 Å². The van der Waals surface area contributed by atoms with Gasteiger partial charge in [0.1, 0.15) is 0 Å². The zero-order chi connectivity index (χ0) is 21.3. The Morgan fingerprint density at radius 1 is 1.20 bits per heavy atom. The highest BCUT2D eigenvalue weighted by atomic mass is 16.2. The Kier molecular flexibility index (Phi) is 5.96. The number of carbonyl (C=O) groups excluding carboxylic acids is 1. The molecule has 3 heterocycles. The number of fused-ring (bicyclic) bond motifs is 1. The van der Waals surface area contributed by atoms with Crippen LogP contribution in [0.4, 0.5) is 0 Å². The summed E-state index contributed by atoms with van der Waals surface area (Å²) in [5.74, 6) is 0.688. The van der Waals surface area contributed by atoms with Crippen LogP contribution < -0.4 is 0 Å². The van der Waals surface area contributed by atoms with Crippen molar-refractivity contribution >= 4 is 5.91 Å². The highest BCUT2D eigenvalue weighted by Gasteiger charge is 2.34. The largest absolute Gasteiger partial charge is 0.336 e. The van der Waals surface area contributed by atoms with Crippen LogP contribution in [-0.4, -0.2) is 57.1 Å². The molecule has 1 atom stereocenters. The predicted octanol–water partition coefficient (Wildman–Crippen LogP) is 3.61. The summed E-state index contributed by atoms with van der Waals surface area (Å²) in [6, 6.07) is 6.18. The summed E-state index contributed by atoms with van der Waals surface area (Å²) in [6.45, 7) is 13.2. The van der Waals surface area contributed by atoms with Gasteiger partial charge in [-0.2, -0.15) is 5.10 Å². The number of aryl methyl sites for hydroxylation is 2. The Bertz CT molecular complexity index is 897. The van der Waals surface area contributed by atoms with Crippen molar-refractivity contribution in [3.63, 3.8) is 0 Å². The lowest BCUT2D eigenvalue weighted by atomic mass is 9.71. The van der Waals surface area contributed by atoms with Crippen molar-refractivity contribution in [1.29, 1.82) is 0 Å². The Hall–Kier alpha value is -2.21. The van der Waals surface area contributed by atoms with Crippen LogP contribution in [0.5, 0.6) is 0 Å². The quantitative estimate of drug-likeness (QED) is 0.841. The highest BCUT2D eigenvalue weighted by molar-refractivity contribution is 5.94. The minimum absolute atomic E-state index is 0.0950. The Morgan fingerprint density at radius 3 is 2.80 bits per heavy atom. The van der Waals surface area contributed by atoms with Gasteiger partial charge >= 0.3 is 0 Å². The Balaban J connectivity index is 1.42. The SMILES string of the molecule is Cc1cccc(CN2CCCN(C(=O)c3n[nH]c4c3C[C@H](C(C)(C)C)CC4)CC2)n1. The fourth-order valence-corrected chi connectivity index (χ4v) is 4.81. The summed E-state index contributed by atoms with van der Waals surface area (Å²) in [6.07, 6.45) is 4.09. The van der Waals surface area contributed by atoms with E-state index in [2.05, 4.69) is 53.0 Å². The lowest BCUT2D eigenvalue weighted by Gasteiger charge is -2.34. The monoisotopic (exact) mass is 409 g/mol. The number of nitrogens with one attached hydrogen (secondary N) is 1. The number of carbonyl (C=O) groups is 1. The molecule has 0 bridgehead atoms. The molecule has 0 aromatic carbocycles. The number of hydrogen-bond donors (Lipinski definition) is 1. The smallest absolute Gasteiger partial charge is 0.274 e. The van der Waals surface area contributed by atoms with Crippen LogP contribution in [0.3, 0.4) is 0 Å². The fraction of sp³-hybridized carbons (Fsp3) is 0.625. The topological polar surface area (TPSA) is 65.1 Å². The molecule has 1 aliphatic heterocycles. The first-order valence-corrected chi connectivity index (χ1v) is 11.3. The maximum atomic E-state index is 13.4. The van der Waals surface area contributed by atoms with Crippen molar-refractivity contribution in [3.05, 3.63) is 46.5 Å². The van der Waals surface area contributed by atoms with Crippen molar-refractivity contribution in [2.45, 2.75) is 59.9 Å². The van der Waals surface area contributed by atoms with Crippen LogP contribution in [0, 0.1) is 18.3 Å². The molecule has 162 valence electrons. The van der Waals surface area contributed by atoms with E-state index in [0.717, 1.165) is 75.4 Å². The highest BCUT2D eigenvalue weighted by Crippen LogP contribution is 2.37. The maximum absolute atomic E-state index is 13.4. The van der Waals surface area contributed by atoms with Gasteiger partial charge in [0, 0.05) is 49.7 Å². The molecule has 6 nitrogen and oxygen atoms in total. The van der Waals surface area contributed by atoms with Gasteiger partial charge in [0.05, 0.1) is 5.69 Å². The number of aromatic amines is 1. The van der Waals surface area contributed by atoms with E-state index < -0.39 is 0 Å². The zero-order valence-corrected chi connectivity index (χ0v) is 18.9. The predicted molar refractivity (Wildman–Crippen MR) is 118 cm³/mol. The van der Waals surface area contributed by atoms with Crippen molar-refractivity contribution < 1.29 is 4.79 Å². The van der Waals surface area contributed by atoms with Gasteiger partial charge in [-0.05, 0) is 56.1 Å². The van der Waals surface area contributed by atoms with Crippen LogP contribution >= 0.6 is 0 Å². The van der Waals surface area contributed by atoms with Crippen LogP contribution in [0.1, 0.15) is 66.7 Å². The van der Waals surface area contributed by atoms with Crippen molar-refractivity contribution in [3.8, 4) is 0 Å². The second kappa shape index (κ2) is 8.50. The molecule has 2 aliphatic rings. The summed E-state index contributed by atoms with van der Waals surface area (Å²) in [7, 11) is 0. The van der Waals surface area contributed by atoms with E-state index in [1.54, 1.807) is 0 Å². The number of H-pyrrole nitrogens is 1. The first kappa shape index (κ1) is 21.0. The first-order valence-electron chi connectivity index (χ1n) is 11.3. The zero-order valence-electron chi connectivity index (χ0n) is 18.9. The molecule has 1 N–H and O–H groups in total. The Labute approximate surface area is 180 Å². The molecular formula is C24H35N5O. The summed E-state index contributed by atoms with van der Waals surface area (Å²) >= 11 is 0. The van der Waals surface area contributed by atoms with Crippen molar-refractivity contribution in [1.82, 2.24) is 25.0 Å². The molecule has 0 radical (unpaired) electrons. The molecule has 30 heavy (non-hydrogen) atoms. The van der Waals surface area contributed by atoms with Gasteiger partial charge in [-0.1, -0.05) is 26.8 Å². The third-order valence-electron chi connectivity index (χ3n) is 6.78. The minimum Gasteiger partial charge on any atom is -0.336 e. The normalized spacial score (nSPS) is 20.7. The van der Waals surface area contributed by atoms with Gasteiger partial charge in [-0.25, -0.2) is 0 Å². The summed E-state index contributed by atoms with van der Waals surface area (Å²) in [5, 5.41) is 7.64. The number of nitrogens with zero attached hydrogens (tertiary/aromatic N) is 4. The molecular weight excluding hydrogens is 374 g/mol. The van der Waals surface area contributed by atoms with Gasteiger partial charge in [0.15, 0.2) is 5.69 Å².